The molecule has 3 rings (SSSR count). The third kappa shape index (κ3) is 2.44. The van der Waals surface area contributed by atoms with Gasteiger partial charge in [-0.25, -0.2) is 4.98 Å². The zero-order valence-electron chi connectivity index (χ0n) is 12.7. The number of nitrogens with two attached hydrogens (primary N) is 1. The molecule has 0 aliphatic carbocycles. The fraction of sp³-hybridized carbons (Fsp3) is 0.176. The third-order valence-corrected chi connectivity index (χ3v) is 4.91. The number of aryl methyl sites for hydroxylation is 2. The number of pyridine rings is 1. The van der Waals surface area contributed by atoms with E-state index in [0.717, 1.165) is 32.7 Å². The molecule has 2 aromatic heterocycles. The summed E-state index contributed by atoms with van der Waals surface area (Å²) in [6.45, 7) is 5.93. The molecule has 4 nitrogen and oxygen atoms in total. The summed E-state index contributed by atoms with van der Waals surface area (Å²) in [4.78, 5) is 18.3. The van der Waals surface area contributed by atoms with Crippen LogP contribution in [0.2, 0.25) is 0 Å². The summed E-state index contributed by atoms with van der Waals surface area (Å²) in [6, 6.07) is 9.66. The average molecular weight is 311 g/mol. The molecule has 5 heteroatoms. The molecule has 3 N–H and O–H groups in total. The van der Waals surface area contributed by atoms with Gasteiger partial charge in [0.25, 0.3) is 5.91 Å². The largest absolute Gasteiger partial charge is 0.397 e. The van der Waals surface area contributed by atoms with E-state index in [2.05, 4.69) is 10.3 Å². The Morgan fingerprint density at radius 1 is 1.18 bits per heavy atom. The van der Waals surface area contributed by atoms with Crippen molar-refractivity contribution in [2.45, 2.75) is 20.8 Å². The Labute approximate surface area is 133 Å². The number of aromatic nitrogens is 1. The van der Waals surface area contributed by atoms with Crippen LogP contribution in [0.3, 0.4) is 0 Å². The van der Waals surface area contributed by atoms with Crippen molar-refractivity contribution in [3.63, 3.8) is 0 Å². The van der Waals surface area contributed by atoms with Crippen LogP contribution in [-0.4, -0.2) is 10.9 Å². The molecule has 0 aliphatic rings. The number of hydrogen-bond donors (Lipinski definition) is 2. The Balaban J connectivity index is 1.99. The Kier molecular flexibility index (Phi) is 3.58. The standard InChI is InChI=1S/C17H17N3OS/c1-9-5-4-6-13(11(9)3)20-16(21)15-14(18)12-8-7-10(2)19-17(12)22-15/h4-8H,18H2,1-3H3,(H,20,21). The number of rotatable bonds is 2. The van der Waals surface area contributed by atoms with E-state index < -0.39 is 0 Å². The summed E-state index contributed by atoms with van der Waals surface area (Å²) in [6.07, 6.45) is 0. The average Bonchev–Trinajstić information content (AvgIpc) is 2.80. The number of fused-ring (bicyclic) bond motifs is 1. The van der Waals surface area contributed by atoms with Crippen molar-refractivity contribution in [2.24, 2.45) is 0 Å². The van der Waals surface area contributed by atoms with Crippen LogP contribution < -0.4 is 11.1 Å². The first-order chi connectivity index (χ1) is 10.5. The van der Waals surface area contributed by atoms with Crippen LogP contribution in [0.15, 0.2) is 30.3 Å². The topological polar surface area (TPSA) is 68.0 Å². The van der Waals surface area contributed by atoms with Gasteiger partial charge in [0.05, 0.1) is 5.69 Å². The highest BCUT2D eigenvalue weighted by Crippen LogP contribution is 2.33. The van der Waals surface area contributed by atoms with E-state index >= 15 is 0 Å². The van der Waals surface area contributed by atoms with Crippen molar-refractivity contribution in [1.82, 2.24) is 4.98 Å². The highest BCUT2D eigenvalue weighted by atomic mass is 32.1. The quantitative estimate of drug-likeness (QED) is 0.750. The van der Waals surface area contributed by atoms with Gasteiger partial charge in [-0.1, -0.05) is 12.1 Å². The van der Waals surface area contributed by atoms with Crippen LogP contribution in [0.1, 0.15) is 26.5 Å². The first-order valence-electron chi connectivity index (χ1n) is 7.00. The third-order valence-electron chi connectivity index (χ3n) is 3.79. The lowest BCUT2D eigenvalue weighted by Crippen LogP contribution is -2.13. The maximum atomic E-state index is 12.5. The summed E-state index contributed by atoms with van der Waals surface area (Å²) in [5.41, 5.74) is 10.5. The van der Waals surface area contributed by atoms with Gasteiger partial charge in [0.1, 0.15) is 9.71 Å². The van der Waals surface area contributed by atoms with Crippen LogP contribution in [0.25, 0.3) is 10.2 Å². The normalized spacial score (nSPS) is 10.9. The second-order valence-electron chi connectivity index (χ2n) is 5.35. The second-order valence-corrected chi connectivity index (χ2v) is 6.35. The molecule has 0 bridgehead atoms. The Bertz CT molecular complexity index is 883. The molecule has 0 fully saturated rings. The Morgan fingerprint density at radius 2 is 1.95 bits per heavy atom. The first-order valence-corrected chi connectivity index (χ1v) is 7.82. The molecular formula is C17H17N3OS. The summed E-state index contributed by atoms with van der Waals surface area (Å²) < 4.78 is 0. The van der Waals surface area contributed by atoms with Crippen molar-refractivity contribution in [2.75, 3.05) is 11.1 Å². The maximum absolute atomic E-state index is 12.5. The van der Waals surface area contributed by atoms with E-state index in [-0.39, 0.29) is 5.91 Å². The molecule has 0 aliphatic heterocycles. The molecule has 0 saturated carbocycles. The summed E-state index contributed by atoms with van der Waals surface area (Å²) >= 11 is 1.33. The first kappa shape index (κ1) is 14.5. The minimum Gasteiger partial charge on any atom is -0.397 e. The monoisotopic (exact) mass is 311 g/mol. The van der Waals surface area contributed by atoms with Crippen molar-refractivity contribution < 1.29 is 4.79 Å². The summed E-state index contributed by atoms with van der Waals surface area (Å²) in [7, 11) is 0. The van der Waals surface area contributed by atoms with E-state index in [1.807, 2.05) is 51.1 Å². The summed E-state index contributed by atoms with van der Waals surface area (Å²) in [5.74, 6) is -0.188. The molecule has 3 aromatic rings. The number of nitrogens with one attached hydrogen (secondary N) is 1. The number of anilines is 2. The highest BCUT2D eigenvalue weighted by Gasteiger charge is 2.18. The lowest BCUT2D eigenvalue weighted by Gasteiger charge is -2.09. The number of benzene rings is 1. The Hall–Kier alpha value is -2.40. The van der Waals surface area contributed by atoms with Crippen molar-refractivity contribution in [3.05, 3.63) is 52.0 Å². The minimum absolute atomic E-state index is 0.188. The van der Waals surface area contributed by atoms with Gasteiger partial charge in [0.2, 0.25) is 0 Å². The van der Waals surface area contributed by atoms with E-state index in [4.69, 9.17) is 5.73 Å². The number of amides is 1. The van der Waals surface area contributed by atoms with Gasteiger partial charge >= 0.3 is 0 Å². The van der Waals surface area contributed by atoms with Crippen LogP contribution in [0.4, 0.5) is 11.4 Å². The SMILES string of the molecule is Cc1ccc2c(N)c(C(=O)Nc3cccc(C)c3C)sc2n1. The smallest absolute Gasteiger partial charge is 0.267 e. The van der Waals surface area contributed by atoms with Gasteiger partial charge < -0.3 is 11.1 Å². The van der Waals surface area contributed by atoms with Gasteiger partial charge in [-0.05, 0) is 50.1 Å². The van der Waals surface area contributed by atoms with Crippen LogP contribution in [0.5, 0.6) is 0 Å². The number of carbonyl (C=O) groups excluding carboxylic acids is 1. The predicted molar refractivity (Wildman–Crippen MR) is 92.6 cm³/mol. The number of hydrogen-bond acceptors (Lipinski definition) is 4. The Morgan fingerprint density at radius 3 is 2.73 bits per heavy atom. The molecule has 2 heterocycles. The number of thiophene rings is 1. The zero-order chi connectivity index (χ0) is 15.9. The van der Waals surface area contributed by atoms with Crippen molar-refractivity contribution >= 4 is 38.8 Å². The molecule has 0 radical (unpaired) electrons. The lowest BCUT2D eigenvalue weighted by molar-refractivity contribution is 0.103. The van der Waals surface area contributed by atoms with Crippen LogP contribution in [0, 0.1) is 20.8 Å². The molecule has 1 aromatic carbocycles. The molecule has 0 spiro atoms. The van der Waals surface area contributed by atoms with Crippen molar-refractivity contribution in [1.29, 1.82) is 0 Å². The number of carbonyl (C=O) groups is 1. The minimum atomic E-state index is -0.188. The fourth-order valence-electron chi connectivity index (χ4n) is 2.32. The van der Waals surface area contributed by atoms with E-state index in [9.17, 15) is 4.79 Å². The van der Waals surface area contributed by atoms with Crippen LogP contribution >= 0.6 is 11.3 Å². The fourth-order valence-corrected chi connectivity index (χ4v) is 3.36. The molecule has 1 amide bonds. The summed E-state index contributed by atoms with van der Waals surface area (Å²) in [5, 5.41) is 3.78. The van der Waals surface area contributed by atoms with Crippen LogP contribution in [-0.2, 0) is 0 Å². The van der Waals surface area contributed by atoms with Gasteiger partial charge in [-0.2, -0.15) is 0 Å². The highest BCUT2D eigenvalue weighted by molar-refractivity contribution is 7.21. The van der Waals surface area contributed by atoms with Gasteiger partial charge in [0.15, 0.2) is 0 Å². The second kappa shape index (κ2) is 5.42. The molecular weight excluding hydrogens is 294 g/mol. The predicted octanol–water partition coefficient (Wildman–Crippen LogP) is 4.06. The van der Waals surface area contributed by atoms with Gasteiger partial charge in [-0.3, -0.25) is 4.79 Å². The van der Waals surface area contributed by atoms with E-state index in [0.29, 0.717) is 10.6 Å². The van der Waals surface area contributed by atoms with Gasteiger partial charge in [-0.15, -0.1) is 11.3 Å². The van der Waals surface area contributed by atoms with Gasteiger partial charge in [0, 0.05) is 16.8 Å². The molecule has 0 saturated heterocycles. The molecule has 22 heavy (non-hydrogen) atoms. The molecule has 0 unspecified atom stereocenters. The maximum Gasteiger partial charge on any atom is 0.267 e. The number of nitrogen functional groups attached to an aromatic ring is 1. The van der Waals surface area contributed by atoms with Crippen molar-refractivity contribution in [3.8, 4) is 0 Å². The molecule has 0 atom stereocenters. The number of nitrogens with zero attached hydrogens (tertiary/aromatic N) is 1. The lowest BCUT2D eigenvalue weighted by atomic mass is 10.1. The van der Waals surface area contributed by atoms with E-state index in [1.54, 1.807) is 0 Å². The molecule has 112 valence electrons. The van der Waals surface area contributed by atoms with E-state index in [1.165, 1.54) is 11.3 Å². The zero-order valence-corrected chi connectivity index (χ0v) is 13.5.